The largest absolute Gasteiger partial charge is 0.396 e. The first-order valence-corrected chi connectivity index (χ1v) is 8.96. The van der Waals surface area contributed by atoms with Gasteiger partial charge in [-0.2, -0.15) is 4.31 Å². The highest BCUT2D eigenvalue weighted by molar-refractivity contribution is 7.89. The number of nitrogens with zero attached hydrogens (tertiary/aromatic N) is 3. The summed E-state index contributed by atoms with van der Waals surface area (Å²) >= 11 is 7.34. The number of thiazole rings is 1. The third-order valence-corrected chi connectivity index (χ3v) is 6.57. The van der Waals surface area contributed by atoms with E-state index in [-0.39, 0.29) is 22.7 Å². The summed E-state index contributed by atoms with van der Waals surface area (Å²) in [6, 6.07) is 0. The quantitative estimate of drug-likeness (QED) is 0.917. The number of hydrogen-bond acceptors (Lipinski definition) is 5. The summed E-state index contributed by atoms with van der Waals surface area (Å²) < 4.78 is 28.3. The average Bonchev–Trinajstić information content (AvgIpc) is 3.04. The molecule has 0 bridgehead atoms. The van der Waals surface area contributed by atoms with Crippen LogP contribution in [0.3, 0.4) is 0 Å². The summed E-state index contributed by atoms with van der Waals surface area (Å²) in [7, 11) is -3.65. The molecule has 1 N–H and O–H groups in total. The summed E-state index contributed by atoms with van der Waals surface area (Å²) in [5, 5.41) is 10.8. The van der Waals surface area contributed by atoms with Crippen LogP contribution in [-0.4, -0.2) is 46.9 Å². The zero-order chi connectivity index (χ0) is 14.3. The molecule has 0 saturated carbocycles. The van der Waals surface area contributed by atoms with Crippen molar-refractivity contribution in [2.24, 2.45) is 5.92 Å². The van der Waals surface area contributed by atoms with Crippen LogP contribution in [0.15, 0.2) is 16.6 Å². The van der Waals surface area contributed by atoms with Crippen molar-refractivity contribution in [3.63, 3.8) is 0 Å². The van der Waals surface area contributed by atoms with Gasteiger partial charge in [0.25, 0.3) is 10.0 Å². The van der Waals surface area contributed by atoms with Gasteiger partial charge in [-0.25, -0.2) is 13.4 Å². The molecule has 20 heavy (non-hydrogen) atoms. The molecule has 0 spiro atoms. The molecule has 1 aliphatic rings. The molecule has 3 rings (SSSR count). The molecule has 0 radical (unpaired) electrons. The summed E-state index contributed by atoms with van der Waals surface area (Å²) in [5.74, 6) is 0.208. The molecule has 1 aliphatic heterocycles. The van der Waals surface area contributed by atoms with Gasteiger partial charge in [-0.3, -0.25) is 4.40 Å². The first kappa shape index (κ1) is 14.3. The minimum absolute atomic E-state index is 0.0162. The summed E-state index contributed by atoms with van der Waals surface area (Å²) in [6.45, 7) is 0.970. The van der Waals surface area contributed by atoms with Crippen LogP contribution in [0.1, 0.15) is 12.8 Å². The topological polar surface area (TPSA) is 74.9 Å². The van der Waals surface area contributed by atoms with Gasteiger partial charge in [-0.15, -0.1) is 11.3 Å². The fourth-order valence-corrected chi connectivity index (χ4v) is 5.46. The molecule has 0 aromatic carbocycles. The Kier molecular flexibility index (Phi) is 3.76. The lowest BCUT2D eigenvalue weighted by Crippen LogP contribution is -2.30. The second-order valence-corrected chi connectivity index (χ2v) is 7.88. The number of imidazole rings is 1. The minimum Gasteiger partial charge on any atom is -0.396 e. The van der Waals surface area contributed by atoms with Crippen LogP contribution in [0.2, 0.25) is 5.15 Å². The number of aliphatic hydroxyl groups is 1. The highest BCUT2D eigenvalue weighted by Crippen LogP contribution is 2.31. The maximum Gasteiger partial charge on any atom is 0.262 e. The van der Waals surface area contributed by atoms with Gasteiger partial charge in [0, 0.05) is 31.3 Å². The first-order chi connectivity index (χ1) is 9.54. The van der Waals surface area contributed by atoms with E-state index in [1.54, 1.807) is 11.6 Å². The Morgan fingerprint density at radius 1 is 1.55 bits per heavy atom. The Hall–Kier alpha value is -0.670. The lowest BCUT2D eigenvalue weighted by atomic mass is 10.1. The van der Waals surface area contributed by atoms with Crippen LogP contribution in [-0.2, 0) is 10.0 Å². The van der Waals surface area contributed by atoms with Crippen molar-refractivity contribution < 1.29 is 13.5 Å². The highest BCUT2D eigenvalue weighted by atomic mass is 35.5. The van der Waals surface area contributed by atoms with Crippen LogP contribution in [0.5, 0.6) is 0 Å². The maximum absolute atomic E-state index is 12.7. The minimum atomic E-state index is -3.65. The molecule has 2 aromatic rings. The van der Waals surface area contributed by atoms with Gasteiger partial charge in [0.15, 0.2) is 15.1 Å². The van der Waals surface area contributed by atoms with E-state index in [1.165, 1.54) is 20.0 Å². The van der Waals surface area contributed by atoms with Crippen LogP contribution in [0, 0.1) is 5.92 Å². The first-order valence-electron chi connectivity index (χ1n) is 6.26. The third-order valence-electron chi connectivity index (χ3n) is 3.55. The number of hydrogen-bond donors (Lipinski definition) is 1. The SMILES string of the molecule is O=S(=O)(c1c(Cl)nc2sccn12)N1CCC(CCO)C1. The summed E-state index contributed by atoms with van der Waals surface area (Å²) in [5.41, 5.74) is 0. The van der Waals surface area contributed by atoms with Crippen molar-refractivity contribution in [3.05, 3.63) is 16.7 Å². The molecule has 9 heteroatoms. The lowest BCUT2D eigenvalue weighted by molar-refractivity contribution is 0.259. The Morgan fingerprint density at radius 3 is 3.10 bits per heavy atom. The van der Waals surface area contributed by atoms with E-state index < -0.39 is 10.0 Å². The molecule has 1 atom stereocenters. The molecule has 1 unspecified atom stereocenters. The maximum atomic E-state index is 12.7. The van der Waals surface area contributed by atoms with E-state index in [4.69, 9.17) is 16.7 Å². The number of rotatable bonds is 4. The van der Waals surface area contributed by atoms with E-state index >= 15 is 0 Å². The van der Waals surface area contributed by atoms with Gasteiger partial charge in [-0.05, 0) is 18.8 Å². The molecule has 0 aliphatic carbocycles. The predicted molar refractivity (Wildman–Crippen MR) is 76.6 cm³/mol. The molecular weight excluding hydrogens is 322 g/mol. The van der Waals surface area contributed by atoms with Gasteiger partial charge in [0.2, 0.25) is 0 Å². The highest BCUT2D eigenvalue weighted by Gasteiger charge is 2.36. The Morgan fingerprint density at radius 2 is 2.35 bits per heavy atom. The third kappa shape index (κ3) is 2.25. The normalized spacial score (nSPS) is 21.0. The molecule has 0 amide bonds. The molecular formula is C11H14ClN3O3S2. The standard InChI is InChI=1S/C11H14ClN3O3S2/c12-9-10(15-4-6-19-11(15)13-9)20(17,18)14-3-1-8(7-14)2-5-16/h4,6,8,16H,1-3,5,7H2. The number of aromatic nitrogens is 2. The fraction of sp³-hybridized carbons (Fsp3) is 0.545. The fourth-order valence-electron chi connectivity index (χ4n) is 2.53. The van der Waals surface area contributed by atoms with Crippen molar-refractivity contribution >= 4 is 37.9 Å². The molecule has 3 heterocycles. The van der Waals surface area contributed by atoms with Crippen molar-refractivity contribution in [2.45, 2.75) is 17.9 Å². The smallest absolute Gasteiger partial charge is 0.262 e. The number of aliphatic hydroxyl groups excluding tert-OH is 1. The van der Waals surface area contributed by atoms with Crippen LogP contribution < -0.4 is 0 Å². The zero-order valence-corrected chi connectivity index (χ0v) is 13.0. The average molecular weight is 336 g/mol. The predicted octanol–water partition coefficient (Wildman–Crippen LogP) is 1.44. The van der Waals surface area contributed by atoms with E-state index in [9.17, 15) is 8.42 Å². The van der Waals surface area contributed by atoms with E-state index in [0.29, 0.717) is 24.5 Å². The van der Waals surface area contributed by atoms with Crippen molar-refractivity contribution in [3.8, 4) is 0 Å². The molecule has 110 valence electrons. The number of sulfonamides is 1. The van der Waals surface area contributed by atoms with Gasteiger partial charge >= 0.3 is 0 Å². The van der Waals surface area contributed by atoms with Gasteiger partial charge < -0.3 is 5.11 Å². The monoisotopic (exact) mass is 335 g/mol. The van der Waals surface area contributed by atoms with Gasteiger partial charge in [0.05, 0.1) is 0 Å². The van der Waals surface area contributed by atoms with Crippen LogP contribution in [0.4, 0.5) is 0 Å². The second-order valence-electron chi connectivity index (χ2n) is 4.79. The van der Waals surface area contributed by atoms with Crippen LogP contribution in [0.25, 0.3) is 4.96 Å². The van der Waals surface area contributed by atoms with Gasteiger partial charge in [-0.1, -0.05) is 11.6 Å². The van der Waals surface area contributed by atoms with Crippen molar-refractivity contribution in [2.75, 3.05) is 19.7 Å². The van der Waals surface area contributed by atoms with E-state index in [0.717, 1.165) is 6.42 Å². The molecule has 2 aromatic heterocycles. The number of halogens is 1. The Bertz CT molecular complexity index is 724. The molecule has 1 fully saturated rings. The second kappa shape index (κ2) is 5.27. The van der Waals surface area contributed by atoms with E-state index in [1.807, 2.05) is 0 Å². The zero-order valence-electron chi connectivity index (χ0n) is 10.6. The molecule has 1 saturated heterocycles. The van der Waals surface area contributed by atoms with Gasteiger partial charge in [0.1, 0.15) is 0 Å². The van der Waals surface area contributed by atoms with Crippen molar-refractivity contribution in [1.29, 1.82) is 0 Å². The Labute approximate surface area is 125 Å². The van der Waals surface area contributed by atoms with E-state index in [2.05, 4.69) is 4.98 Å². The summed E-state index contributed by atoms with van der Waals surface area (Å²) in [4.78, 5) is 4.64. The summed E-state index contributed by atoms with van der Waals surface area (Å²) in [6.07, 6.45) is 3.05. The number of fused-ring (bicyclic) bond motifs is 1. The lowest BCUT2D eigenvalue weighted by Gasteiger charge is -2.16. The Balaban J connectivity index is 1.96. The van der Waals surface area contributed by atoms with Crippen LogP contribution >= 0.6 is 22.9 Å². The van der Waals surface area contributed by atoms with Crippen molar-refractivity contribution in [1.82, 2.24) is 13.7 Å². The molecule has 6 nitrogen and oxygen atoms in total.